The van der Waals surface area contributed by atoms with Gasteiger partial charge in [-0.15, -0.1) is 0 Å². The second kappa shape index (κ2) is 7.17. The number of alkyl halides is 3. The Labute approximate surface area is 150 Å². The lowest BCUT2D eigenvalue weighted by Gasteiger charge is -2.11. The minimum absolute atomic E-state index is 0.0759. The van der Waals surface area contributed by atoms with Crippen molar-refractivity contribution in [1.82, 2.24) is 10.3 Å². The van der Waals surface area contributed by atoms with Gasteiger partial charge in [0.1, 0.15) is 0 Å². The van der Waals surface area contributed by atoms with E-state index in [1.54, 1.807) is 19.1 Å². The molecule has 0 unspecified atom stereocenters. The van der Waals surface area contributed by atoms with E-state index in [1.807, 2.05) is 0 Å². The van der Waals surface area contributed by atoms with Gasteiger partial charge in [-0.05, 0) is 30.7 Å². The molecule has 128 valence electrons. The molecule has 1 aromatic heterocycles. The Hall–Kier alpha value is -1.50. The second-order valence-electron chi connectivity index (χ2n) is 4.94. The zero-order valence-corrected chi connectivity index (χ0v) is 14.4. The predicted molar refractivity (Wildman–Crippen MR) is 86.6 cm³/mol. The number of nitrogens with zero attached hydrogens (tertiary/aromatic N) is 1. The number of carbonyl (C=O) groups excluding carboxylic acids is 1. The van der Waals surface area contributed by atoms with Crippen LogP contribution in [0.25, 0.3) is 0 Å². The summed E-state index contributed by atoms with van der Waals surface area (Å²) >= 11 is 17.8. The normalized spacial score (nSPS) is 11.5. The number of rotatable bonds is 3. The van der Waals surface area contributed by atoms with Crippen LogP contribution in [0.1, 0.15) is 27.2 Å². The summed E-state index contributed by atoms with van der Waals surface area (Å²) in [5.41, 5.74) is -0.00876. The summed E-state index contributed by atoms with van der Waals surface area (Å²) in [6, 6.07) is 3.90. The fraction of sp³-hybridized carbons (Fsp3) is 0.200. The van der Waals surface area contributed by atoms with Gasteiger partial charge in [0.2, 0.25) is 0 Å². The third-order valence-corrected chi connectivity index (χ3v) is 4.00. The summed E-state index contributed by atoms with van der Waals surface area (Å²) in [4.78, 5) is 15.8. The molecule has 0 fully saturated rings. The van der Waals surface area contributed by atoms with Crippen LogP contribution in [0.2, 0.25) is 15.1 Å². The molecule has 0 radical (unpaired) electrons. The molecule has 0 aliphatic rings. The highest BCUT2D eigenvalue weighted by Gasteiger charge is 2.31. The summed E-state index contributed by atoms with van der Waals surface area (Å²) < 4.78 is 37.7. The molecule has 0 saturated heterocycles. The molecule has 0 aliphatic heterocycles. The van der Waals surface area contributed by atoms with Crippen molar-refractivity contribution < 1.29 is 18.0 Å². The van der Waals surface area contributed by atoms with Crippen LogP contribution < -0.4 is 5.32 Å². The van der Waals surface area contributed by atoms with Crippen molar-refractivity contribution in [1.29, 1.82) is 0 Å². The van der Waals surface area contributed by atoms with Crippen molar-refractivity contribution in [3.05, 3.63) is 61.8 Å². The van der Waals surface area contributed by atoms with Gasteiger partial charge >= 0.3 is 6.18 Å². The fourth-order valence-corrected chi connectivity index (χ4v) is 2.92. The van der Waals surface area contributed by atoms with E-state index in [-0.39, 0.29) is 32.9 Å². The van der Waals surface area contributed by atoms with Crippen LogP contribution in [0.4, 0.5) is 13.2 Å². The lowest BCUT2D eigenvalue weighted by molar-refractivity contribution is -0.137. The van der Waals surface area contributed by atoms with Crippen molar-refractivity contribution >= 4 is 40.7 Å². The fourth-order valence-electron chi connectivity index (χ4n) is 1.92. The van der Waals surface area contributed by atoms with E-state index in [9.17, 15) is 18.0 Å². The Morgan fingerprint density at radius 2 is 1.71 bits per heavy atom. The van der Waals surface area contributed by atoms with Crippen LogP contribution in [0, 0.1) is 6.92 Å². The predicted octanol–water partition coefficient (Wildman–Crippen LogP) is 5.30. The third-order valence-electron chi connectivity index (χ3n) is 3.07. The van der Waals surface area contributed by atoms with Gasteiger partial charge in [0.05, 0.1) is 38.4 Å². The number of halogens is 6. The maximum atomic E-state index is 12.6. The number of aryl methyl sites for hydroxylation is 1. The SMILES string of the molecule is Cc1cc(Cl)c(C(=O)NCc2ncc(C(F)(F)F)cc2Cl)c(Cl)c1. The first-order valence-corrected chi connectivity index (χ1v) is 7.68. The number of hydrogen-bond acceptors (Lipinski definition) is 2. The standard InChI is InChI=1S/C15H10Cl3F3N2O/c1-7-2-10(17)13(11(18)3-7)14(24)23-6-12-9(16)4-8(5-22-12)15(19,20)21/h2-5H,6H2,1H3,(H,23,24). The van der Waals surface area contributed by atoms with Crippen molar-refractivity contribution in [2.75, 3.05) is 0 Å². The monoisotopic (exact) mass is 396 g/mol. The van der Waals surface area contributed by atoms with Crippen LogP contribution in [0.3, 0.4) is 0 Å². The number of carbonyl (C=O) groups is 1. The number of nitrogens with one attached hydrogen (secondary N) is 1. The Morgan fingerprint density at radius 3 is 2.21 bits per heavy atom. The Kier molecular flexibility index (Phi) is 5.63. The van der Waals surface area contributed by atoms with Crippen LogP contribution in [-0.2, 0) is 12.7 Å². The van der Waals surface area contributed by atoms with Crippen molar-refractivity contribution in [3.8, 4) is 0 Å². The molecule has 0 bridgehead atoms. The van der Waals surface area contributed by atoms with E-state index in [1.165, 1.54) is 0 Å². The molecule has 2 rings (SSSR count). The summed E-state index contributed by atoms with van der Waals surface area (Å²) in [6.07, 6.45) is -3.89. The molecule has 0 atom stereocenters. The highest BCUT2D eigenvalue weighted by atomic mass is 35.5. The van der Waals surface area contributed by atoms with E-state index < -0.39 is 17.6 Å². The van der Waals surface area contributed by atoms with E-state index in [2.05, 4.69) is 10.3 Å². The van der Waals surface area contributed by atoms with E-state index in [0.29, 0.717) is 6.20 Å². The first-order valence-electron chi connectivity index (χ1n) is 6.55. The summed E-state index contributed by atoms with van der Waals surface area (Å²) in [7, 11) is 0. The second-order valence-corrected chi connectivity index (χ2v) is 6.16. The molecule has 1 aromatic carbocycles. The Bertz CT molecular complexity index is 771. The van der Waals surface area contributed by atoms with E-state index >= 15 is 0 Å². The first kappa shape index (κ1) is 18.8. The van der Waals surface area contributed by atoms with Crippen LogP contribution in [0.5, 0.6) is 0 Å². The van der Waals surface area contributed by atoms with Gasteiger partial charge < -0.3 is 5.32 Å². The van der Waals surface area contributed by atoms with Gasteiger partial charge in [0.15, 0.2) is 0 Å². The number of hydrogen-bond donors (Lipinski definition) is 1. The number of amides is 1. The topological polar surface area (TPSA) is 42.0 Å². The Balaban J connectivity index is 2.16. The summed E-state index contributed by atoms with van der Waals surface area (Å²) in [6.45, 7) is 1.60. The average molecular weight is 398 g/mol. The molecule has 9 heteroatoms. The maximum absolute atomic E-state index is 12.6. The molecule has 24 heavy (non-hydrogen) atoms. The van der Waals surface area contributed by atoms with Gasteiger partial charge in [-0.1, -0.05) is 34.8 Å². The molecular weight excluding hydrogens is 388 g/mol. The number of benzene rings is 1. The molecule has 0 spiro atoms. The first-order chi connectivity index (χ1) is 11.1. The summed E-state index contributed by atoms with van der Waals surface area (Å²) in [5, 5.41) is 2.62. The Morgan fingerprint density at radius 1 is 1.12 bits per heavy atom. The van der Waals surface area contributed by atoms with Crippen LogP contribution >= 0.6 is 34.8 Å². The van der Waals surface area contributed by atoms with Crippen molar-refractivity contribution in [2.45, 2.75) is 19.6 Å². The average Bonchev–Trinajstić information content (AvgIpc) is 2.43. The van der Waals surface area contributed by atoms with Gasteiger partial charge in [0.25, 0.3) is 5.91 Å². The molecule has 3 nitrogen and oxygen atoms in total. The number of aromatic nitrogens is 1. The lowest BCUT2D eigenvalue weighted by atomic mass is 10.1. The van der Waals surface area contributed by atoms with Gasteiger partial charge in [0, 0.05) is 6.20 Å². The molecule has 2 aromatic rings. The van der Waals surface area contributed by atoms with Crippen molar-refractivity contribution in [2.24, 2.45) is 0 Å². The van der Waals surface area contributed by atoms with Crippen LogP contribution in [0.15, 0.2) is 24.4 Å². The zero-order valence-electron chi connectivity index (χ0n) is 12.1. The molecular formula is C15H10Cl3F3N2O. The van der Waals surface area contributed by atoms with Crippen LogP contribution in [-0.4, -0.2) is 10.9 Å². The molecule has 1 amide bonds. The quantitative estimate of drug-likeness (QED) is 0.764. The highest BCUT2D eigenvalue weighted by Crippen LogP contribution is 2.31. The van der Waals surface area contributed by atoms with E-state index in [4.69, 9.17) is 34.8 Å². The van der Waals surface area contributed by atoms with Crippen molar-refractivity contribution in [3.63, 3.8) is 0 Å². The minimum atomic E-state index is -4.54. The third kappa shape index (κ3) is 4.32. The highest BCUT2D eigenvalue weighted by molar-refractivity contribution is 6.39. The maximum Gasteiger partial charge on any atom is 0.417 e. The molecule has 0 saturated carbocycles. The smallest absolute Gasteiger partial charge is 0.346 e. The minimum Gasteiger partial charge on any atom is -0.346 e. The van der Waals surface area contributed by atoms with Gasteiger partial charge in [-0.25, -0.2) is 0 Å². The van der Waals surface area contributed by atoms with E-state index in [0.717, 1.165) is 11.6 Å². The number of pyridine rings is 1. The molecule has 0 aliphatic carbocycles. The van der Waals surface area contributed by atoms with Gasteiger partial charge in [-0.2, -0.15) is 13.2 Å². The summed E-state index contributed by atoms with van der Waals surface area (Å²) in [5.74, 6) is -0.581. The molecule has 1 heterocycles. The lowest BCUT2D eigenvalue weighted by Crippen LogP contribution is -2.24. The van der Waals surface area contributed by atoms with Gasteiger partial charge in [-0.3, -0.25) is 9.78 Å². The zero-order chi connectivity index (χ0) is 18.1. The molecule has 1 N–H and O–H groups in total. The largest absolute Gasteiger partial charge is 0.417 e.